The van der Waals surface area contributed by atoms with E-state index < -0.39 is 5.92 Å². The number of benzene rings is 1. The van der Waals surface area contributed by atoms with Crippen LogP contribution in [0.2, 0.25) is 0 Å². The summed E-state index contributed by atoms with van der Waals surface area (Å²) in [7, 11) is 0. The molecule has 1 aliphatic heterocycles. The SMILES string of the molecule is CC.CC(C)C.CS.Cc1cc(F)cc(C2CC=CC(CC3C(N)CCN3C=O)=C2F)c1.FF. The summed E-state index contributed by atoms with van der Waals surface area (Å²) >= 11 is 3.53. The van der Waals surface area contributed by atoms with E-state index in [0.29, 0.717) is 30.5 Å². The number of amides is 1. The number of thiol groups is 1. The molecule has 1 heterocycles. The molecule has 34 heavy (non-hydrogen) atoms. The molecule has 3 atom stereocenters. The van der Waals surface area contributed by atoms with E-state index in [4.69, 9.17) is 14.9 Å². The Bertz CT molecular complexity index is 733. The maximum absolute atomic E-state index is 15.0. The Balaban J connectivity index is 0. The lowest BCUT2D eigenvalue weighted by atomic mass is 9.85. The van der Waals surface area contributed by atoms with Gasteiger partial charge in [0.2, 0.25) is 6.41 Å². The molecule has 3 nitrogen and oxygen atoms in total. The number of likely N-dealkylation sites (tertiary alicyclic amines) is 1. The van der Waals surface area contributed by atoms with Gasteiger partial charge in [-0.15, -0.1) is 0 Å². The van der Waals surface area contributed by atoms with Crippen molar-refractivity contribution in [2.45, 2.75) is 78.8 Å². The van der Waals surface area contributed by atoms with E-state index in [9.17, 15) is 9.18 Å². The van der Waals surface area contributed by atoms with E-state index in [1.807, 2.05) is 26.0 Å². The van der Waals surface area contributed by atoms with Crippen molar-refractivity contribution in [3.8, 4) is 0 Å². The summed E-state index contributed by atoms with van der Waals surface area (Å²) in [6, 6.07) is 4.34. The maximum Gasteiger partial charge on any atom is 0.210 e. The van der Waals surface area contributed by atoms with E-state index in [1.54, 1.807) is 24.2 Å². The van der Waals surface area contributed by atoms with Crippen LogP contribution in [-0.4, -0.2) is 36.2 Å². The number of allylic oxidation sites excluding steroid dienone is 3. The Morgan fingerprint density at radius 3 is 2.21 bits per heavy atom. The number of nitrogens with zero attached hydrogens (tertiary/aromatic N) is 1. The second kappa shape index (κ2) is 19.5. The maximum atomic E-state index is 15.0. The molecule has 1 saturated heterocycles. The summed E-state index contributed by atoms with van der Waals surface area (Å²) in [5.41, 5.74) is 8.06. The molecule has 0 bridgehead atoms. The van der Waals surface area contributed by atoms with Gasteiger partial charge in [-0.25, -0.2) is 8.78 Å². The molecule has 3 unspecified atom stereocenters. The Morgan fingerprint density at radius 2 is 1.71 bits per heavy atom. The quantitative estimate of drug-likeness (QED) is 0.253. The fourth-order valence-electron chi connectivity index (χ4n) is 3.69. The number of nitrogens with two attached hydrogens (primary N) is 1. The predicted octanol–water partition coefficient (Wildman–Crippen LogP) is 7.42. The second-order valence-electron chi connectivity index (χ2n) is 8.43. The molecule has 2 N–H and O–H groups in total. The van der Waals surface area contributed by atoms with Crippen LogP contribution in [0.4, 0.5) is 17.9 Å². The molecule has 0 aromatic heterocycles. The highest BCUT2D eigenvalue weighted by Gasteiger charge is 2.33. The minimum absolute atomic E-state index is 0.138. The van der Waals surface area contributed by atoms with Crippen molar-refractivity contribution in [3.63, 3.8) is 0 Å². The van der Waals surface area contributed by atoms with Gasteiger partial charge < -0.3 is 10.6 Å². The third-order valence-corrected chi connectivity index (χ3v) is 4.98. The molecule has 1 aromatic carbocycles. The molecule has 1 fully saturated rings. The average molecular weight is 507 g/mol. The zero-order valence-corrected chi connectivity index (χ0v) is 22.4. The normalized spacial score (nSPS) is 20.6. The van der Waals surface area contributed by atoms with Crippen LogP contribution in [0.5, 0.6) is 0 Å². The molecule has 0 radical (unpaired) electrons. The molecule has 1 amide bonds. The van der Waals surface area contributed by atoms with Crippen molar-refractivity contribution in [3.05, 3.63) is 58.7 Å². The summed E-state index contributed by atoms with van der Waals surface area (Å²) in [5, 5.41) is 0. The lowest BCUT2D eigenvalue weighted by Crippen LogP contribution is -2.39. The van der Waals surface area contributed by atoms with Crippen molar-refractivity contribution < 1.29 is 22.7 Å². The van der Waals surface area contributed by atoms with Gasteiger partial charge in [0.05, 0.1) is 6.04 Å². The zero-order valence-electron chi connectivity index (χ0n) is 21.5. The first-order valence-electron chi connectivity index (χ1n) is 11.6. The molecular formula is C26H42F4N2OS. The summed E-state index contributed by atoms with van der Waals surface area (Å²) in [5.74, 6) is -0.229. The largest absolute Gasteiger partial charge is 0.340 e. The summed E-state index contributed by atoms with van der Waals surface area (Å²) in [4.78, 5) is 12.8. The van der Waals surface area contributed by atoms with Crippen LogP contribution in [0, 0.1) is 18.7 Å². The van der Waals surface area contributed by atoms with Crippen molar-refractivity contribution >= 4 is 19.0 Å². The van der Waals surface area contributed by atoms with Crippen LogP contribution < -0.4 is 5.73 Å². The fraction of sp³-hybridized carbons (Fsp3) is 0.577. The van der Waals surface area contributed by atoms with Crippen LogP contribution in [0.15, 0.2) is 41.8 Å². The monoisotopic (exact) mass is 506 g/mol. The zero-order chi connectivity index (χ0) is 26.8. The number of halogens is 4. The van der Waals surface area contributed by atoms with Crippen LogP contribution in [0.25, 0.3) is 0 Å². The van der Waals surface area contributed by atoms with E-state index in [-0.39, 0.29) is 23.7 Å². The van der Waals surface area contributed by atoms with Crippen molar-refractivity contribution in [2.75, 3.05) is 12.8 Å². The van der Waals surface area contributed by atoms with Crippen LogP contribution in [0.3, 0.4) is 0 Å². The Morgan fingerprint density at radius 1 is 1.15 bits per heavy atom. The summed E-state index contributed by atoms with van der Waals surface area (Å²) in [6.45, 7) is 12.9. The highest BCUT2D eigenvalue weighted by molar-refractivity contribution is 7.79. The number of aryl methyl sites for hydroxylation is 1. The highest BCUT2D eigenvalue weighted by atomic mass is 32.1. The lowest BCUT2D eigenvalue weighted by molar-refractivity contribution is -0.118. The van der Waals surface area contributed by atoms with Crippen molar-refractivity contribution in [1.82, 2.24) is 4.90 Å². The van der Waals surface area contributed by atoms with Gasteiger partial charge in [-0.05, 0) is 67.2 Å². The van der Waals surface area contributed by atoms with Crippen LogP contribution in [0.1, 0.15) is 70.9 Å². The van der Waals surface area contributed by atoms with E-state index in [1.165, 1.54) is 12.1 Å². The number of hydrogen-bond donors (Lipinski definition) is 2. The summed E-state index contributed by atoms with van der Waals surface area (Å²) < 4.78 is 44.7. The molecule has 1 aromatic rings. The molecule has 8 heteroatoms. The minimum Gasteiger partial charge on any atom is -0.340 e. The standard InChI is InChI=1S/C19H22F2N2O.C4H10.C2H6.CH4S.F2/c1-12-7-14(9-15(20)8-12)16-4-2-3-13(19(16)21)10-18-17(22)5-6-23(18)11-24;1-4(2)3;3*1-2/h2-3,7-9,11,16-18H,4-6,10,22H2,1H3;4H,1-3H3;1-2H3;2H,1H3;. The third kappa shape index (κ3) is 11.6. The van der Waals surface area contributed by atoms with Gasteiger partial charge in [0.25, 0.3) is 0 Å². The van der Waals surface area contributed by atoms with E-state index in [2.05, 4.69) is 33.4 Å². The van der Waals surface area contributed by atoms with Gasteiger partial charge in [-0.1, -0.05) is 52.8 Å². The lowest BCUT2D eigenvalue weighted by Gasteiger charge is -2.26. The van der Waals surface area contributed by atoms with E-state index >= 15 is 4.39 Å². The van der Waals surface area contributed by atoms with E-state index in [0.717, 1.165) is 24.3 Å². The Labute approximate surface area is 208 Å². The Kier molecular flexibility index (Phi) is 19.7. The molecule has 0 spiro atoms. The van der Waals surface area contributed by atoms with Gasteiger partial charge >= 0.3 is 0 Å². The van der Waals surface area contributed by atoms with Gasteiger partial charge in [-0.3, -0.25) is 4.79 Å². The number of rotatable bonds is 4. The first-order valence-corrected chi connectivity index (χ1v) is 12.5. The average Bonchev–Trinajstić information content (AvgIpc) is 3.17. The minimum atomic E-state index is -0.471. The summed E-state index contributed by atoms with van der Waals surface area (Å²) in [6.07, 6.45) is 7.80. The highest BCUT2D eigenvalue weighted by Crippen LogP contribution is 2.38. The number of carbonyl (C=O) groups excluding carboxylic acids is 1. The topological polar surface area (TPSA) is 46.3 Å². The van der Waals surface area contributed by atoms with Crippen LogP contribution >= 0.6 is 12.6 Å². The van der Waals surface area contributed by atoms with Gasteiger partial charge in [0, 0.05) is 27.7 Å². The molecule has 2 aliphatic rings. The molecular weight excluding hydrogens is 464 g/mol. The predicted molar refractivity (Wildman–Crippen MR) is 139 cm³/mol. The number of carbonyl (C=O) groups is 1. The van der Waals surface area contributed by atoms with Crippen molar-refractivity contribution in [2.24, 2.45) is 11.7 Å². The second-order valence-corrected chi connectivity index (χ2v) is 8.43. The fourth-order valence-corrected chi connectivity index (χ4v) is 3.69. The van der Waals surface area contributed by atoms with Crippen LogP contribution in [-0.2, 0) is 4.79 Å². The first kappa shape index (κ1) is 34.4. The van der Waals surface area contributed by atoms with Crippen molar-refractivity contribution in [1.29, 1.82) is 0 Å². The molecule has 3 rings (SSSR count). The Hall–Kier alpha value is -1.80. The first-order chi connectivity index (χ1) is 16.2. The van der Waals surface area contributed by atoms with Gasteiger partial charge in [-0.2, -0.15) is 12.6 Å². The third-order valence-electron chi connectivity index (χ3n) is 4.98. The van der Waals surface area contributed by atoms with Gasteiger partial charge in [0.15, 0.2) is 0 Å². The van der Waals surface area contributed by atoms with Gasteiger partial charge in [0.1, 0.15) is 11.6 Å². The molecule has 1 aliphatic carbocycles. The smallest absolute Gasteiger partial charge is 0.210 e. The number of hydrogen-bond acceptors (Lipinski definition) is 3. The molecule has 196 valence electrons. The molecule has 0 saturated carbocycles.